The van der Waals surface area contributed by atoms with Gasteiger partial charge in [0.15, 0.2) is 0 Å². The second-order valence-corrected chi connectivity index (χ2v) is 10.5. The van der Waals surface area contributed by atoms with E-state index in [0.29, 0.717) is 27.3 Å². The summed E-state index contributed by atoms with van der Waals surface area (Å²) in [5, 5.41) is 0.748. The summed E-state index contributed by atoms with van der Waals surface area (Å²) in [6, 6.07) is 15.4. The van der Waals surface area contributed by atoms with Gasteiger partial charge in [-0.2, -0.15) is 4.31 Å². The predicted octanol–water partition coefficient (Wildman–Crippen LogP) is 6.22. The summed E-state index contributed by atoms with van der Waals surface area (Å²) in [5.74, 6) is -1.04. The Balaban J connectivity index is 1.97. The number of esters is 1. The highest BCUT2D eigenvalue weighted by atomic mass is 35.5. The third kappa shape index (κ3) is 4.62. The number of carbonyl (C=O) groups excluding carboxylic acids is 2. The van der Waals surface area contributed by atoms with Crippen molar-refractivity contribution >= 4 is 50.2 Å². The van der Waals surface area contributed by atoms with E-state index in [0.717, 1.165) is 9.87 Å². The van der Waals surface area contributed by atoms with Gasteiger partial charge in [0.1, 0.15) is 16.9 Å². The van der Waals surface area contributed by atoms with Crippen molar-refractivity contribution < 1.29 is 27.2 Å². The van der Waals surface area contributed by atoms with Crippen molar-refractivity contribution in [1.29, 1.82) is 0 Å². The van der Waals surface area contributed by atoms with Crippen molar-refractivity contribution in [3.05, 3.63) is 93.7 Å². The molecule has 36 heavy (non-hydrogen) atoms. The number of hydrogen-bond donors (Lipinski definition) is 0. The standard InChI is InChI=1S/C27H24ClNO6S/c1-5-34-27(31)25-18(4)35-23-13-12-21(15-22(23)25)29(26(30)19-8-10-20(28)11-9-19)36(32,33)24-14-16(2)6-7-17(24)3/h6-15H,5H2,1-4H3. The van der Waals surface area contributed by atoms with Crippen LogP contribution in [-0.2, 0) is 14.8 Å². The summed E-state index contributed by atoms with van der Waals surface area (Å²) in [6.45, 7) is 6.90. The van der Waals surface area contributed by atoms with E-state index in [1.165, 1.54) is 48.5 Å². The predicted molar refractivity (Wildman–Crippen MR) is 138 cm³/mol. The number of sulfonamides is 1. The van der Waals surface area contributed by atoms with E-state index in [9.17, 15) is 18.0 Å². The molecule has 1 heterocycles. The van der Waals surface area contributed by atoms with Crippen LogP contribution in [0.2, 0.25) is 5.02 Å². The number of anilines is 1. The Hall–Kier alpha value is -3.62. The maximum atomic E-state index is 14.0. The number of carbonyl (C=O) groups is 2. The summed E-state index contributed by atoms with van der Waals surface area (Å²) in [7, 11) is -4.37. The van der Waals surface area contributed by atoms with Gasteiger partial charge in [0.25, 0.3) is 15.9 Å². The molecule has 0 saturated heterocycles. The molecule has 4 aromatic rings. The number of hydrogen-bond acceptors (Lipinski definition) is 6. The number of fused-ring (bicyclic) bond motifs is 1. The molecule has 0 atom stereocenters. The lowest BCUT2D eigenvalue weighted by Crippen LogP contribution is -2.37. The fourth-order valence-corrected chi connectivity index (χ4v) is 5.80. The number of amides is 1. The lowest BCUT2D eigenvalue weighted by Gasteiger charge is -2.24. The zero-order valence-electron chi connectivity index (χ0n) is 20.2. The molecule has 1 aromatic heterocycles. The van der Waals surface area contributed by atoms with Gasteiger partial charge in [-0.25, -0.2) is 13.2 Å². The quantitative estimate of drug-likeness (QED) is 0.277. The summed E-state index contributed by atoms with van der Waals surface area (Å²) in [5.41, 5.74) is 1.93. The second-order valence-electron chi connectivity index (χ2n) is 8.28. The van der Waals surface area contributed by atoms with Crippen LogP contribution in [0.15, 0.2) is 70.0 Å². The molecule has 0 spiro atoms. The molecular formula is C27H24ClNO6S. The minimum Gasteiger partial charge on any atom is -0.462 e. The number of benzene rings is 3. The van der Waals surface area contributed by atoms with Gasteiger partial charge in [0, 0.05) is 16.0 Å². The second kappa shape index (κ2) is 9.79. The normalized spacial score (nSPS) is 11.5. The van der Waals surface area contributed by atoms with Gasteiger partial charge in [-0.15, -0.1) is 0 Å². The van der Waals surface area contributed by atoms with E-state index in [-0.39, 0.29) is 28.3 Å². The monoisotopic (exact) mass is 525 g/mol. The Morgan fingerprint density at radius 3 is 2.33 bits per heavy atom. The van der Waals surface area contributed by atoms with Crippen molar-refractivity contribution in [2.24, 2.45) is 0 Å². The summed E-state index contributed by atoms with van der Waals surface area (Å²) >= 11 is 5.98. The van der Waals surface area contributed by atoms with Gasteiger partial charge in [0.2, 0.25) is 0 Å². The van der Waals surface area contributed by atoms with Crippen molar-refractivity contribution in [3.63, 3.8) is 0 Å². The van der Waals surface area contributed by atoms with Crippen LogP contribution in [0.3, 0.4) is 0 Å². The Morgan fingerprint density at radius 2 is 1.67 bits per heavy atom. The van der Waals surface area contributed by atoms with Gasteiger partial charge in [-0.05, 0) is 87.4 Å². The van der Waals surface area contributed by atoms with Gasteiger partial charge >= 0.3 is 5.97 Å². The van der Waals surface area contributed by atoms with E-state index in [4.69, 9.17) is 20.8 Å². The highest BCUT2D eigenvalue weighted by molar-refractivity contribution is 7.93. The molecule has 7 nitrogen and oxygen atoms in total. The maximum absolute atomic E-state index is 14.0. The molecular weight excluding hydrogens is 502 g/mol. The number of nitrogens with zero attached hydrogens (tertiary/aromatic N) is 1. The molecule has 0 radical (unpaired) electrons. The first-order valence-corrected chi connectivity index (χ1v) is 13.0. The van der Waals surface area contributed by atoms with Crippen molar-refractivity contribution in [2.45, 2.75) is 32.6 Å². The minimum atomic E-state index is -4.37. The van der Waals surface area contributed by atoms with Gasteiger partial charge in [-0.3, -0.25) is 4.79 Å². The average Bonchev–Trinajstić information content (AvgIpc) is 3.16. The van der Waals surface area contributed by atoms with Crippen LogP contribution in [0.4, 0.5) is 5.69 Å². The smallest absolute Gasteiger partial charge is 0.342 e. The molecule has 0 aliphatic carbocycles. The molecule has 3 aromatic carbocycles. The SMILES string of the molecule is CCOC(=O)c1c(C)oc2ccc(N(C(=O)c3ccc(Cl)cc3)S(=O)(=O)c3cc(C)ccc3C)cc12. The van der Waals surface area contributed by atoms with E-state index in [2.05, 4.69) is 0 Å². The van der Waals surface area contributed by atoms with Crippen molar-refractivity contribution in [1.82, 2.24) is 0 Å². The number of ether oxygens (including phenoxy) is 1. The topological polar surface area (TPSA) is 93.9 Å². The molecule has 0 fully saturated rings. The fraction of sp³-hybridized carbons (Fsp3) is 0.185. The molecule has 186 valence electrons. The van der Waals surface area contributed by atoms with Crippen LogP contribution >= 0.6 is 11.6 Å². The summed E-state index contributed by atoms with van der Waals surface area (Å²) in [4.78, 5) is 26.3. The average molecular weight is 526 g/mol. The van der Waals surface area contributed by atoms with Gasteiger partial charge in [-0.1, -0.05) is 23.7 Å². The lowest BCUT2D eigenvalue weighted by atomic mass is 10.1. The zero-order chi connectivity index (χ0) is 26.2. The Bertz CT molecular complexity index is 1590. The van der Waals surface area contributed by atoms with Crippen molar-refractivity contribution in [2.75, 3.05) is 10.9 Å². The first-order valence-electron chi connectivity index (χ1n) is 11.2. The minimum absolute atomic E-state index is 0.00102. The molecule has 0 aliphatic heterocycles. The van der Waals surface area contributed by atoms with E-state index >= 15 is 0 Å². The van der Waals surface area contributed by atoms with E-state index in [1.54, 1.807) is 39.8 Å². The van der Waals surface area contributed by atoms with E-state index < -0.39 is 21.9 Å². The highest BCUT2D eigenvalue weighted by Crippen LogP contribution is 2.34. The van der Waals surface area contributed by atoms with Crippen LogP contribution in [0.1, 0.15) is 44.5 Å². The lowest BCUT2D eigenvalue weighted by molar-refractivity contribution is 0.0526. The number of halogens is 1. The number of aryl methyl sites for hydroxylation is 3. The van der Waals surface area contributed by atoms with Crippen LogP contribution in [-0.4, -0.2) is 26.9 Å². The van der Waals surface area contributed by atoms with Crippen molar-refractivity contribution in [3.8, 4) is 0 Å². The molecule has 9 heteroatoms. The Morgan fingerprint density at radius 1 is 0.972 bits per heavy atom. The zero-order valence-corrected chi connectivity index (χ0v) is 21.7. The fourth-order valence-electron chi connectivity index (χ4n) is 3.95. The first-order chi connectivity index (χ1) is 17.0. The molecule has 1 amide bonds. The van der Waals surface area contributed by atoms with E-state index in [1.807, 2.05) is 0 Å². The third-order valence-electron chi connectivity index (χ3n) is 5.70. The number of furan rings is 1. The first kappa shape index (κ1) is 25.5. The number of rotatable bonds is 6. The van der Waals surface area contributed by atoms with Gasteiger partial charge in [0.05, 0.1) is 17.2 Å². The molecule has 0 bridgehead atoms. The van der Waals surface area contributed by atoms with Crippen LogP contribution in [0.5, 0.6) is 0 Å². The Labute approximate surface area is 214 Å². The van der Waals surface area contributed by atoms with Gasteiger partial charge < -0.3 is 9.15 Å². The van der Waals surface area contributed by atoms with Crippen LogP contribution < -0.4 is 4.31 Å². The summed E-state index contributed by atoms with van der Waals surface area (Å²) < 4.78 is 39.6. The highest BCUT2D eigenvalue weighted by Gasteiger charge is 2.34. The van der Waals surface area contributed by atoms with Crippen LogP contribution in [0.25, 0.3) is 11.0 Å². The molecule has 0 N–H and O–H groups in total. The molecule has 0 saturated carbocycles. The maximum Gasteiger partial charge on any atom is 0.342 e. The third-order valence-corrected chi connectivity index (χ3v) is 7.80. The molecule has 0 aliphatic rings. The molecule has 4 rings (SSSR count). The summed E-state index contributed by atoms with van der Waals surface area (Å²) in [6.07, 6.45) is 0. The van der Waals surface area contributed by atoms with Crippen LogP contribution in [0, 0.1) is 20.8 Å². The largest absolute Gasteiger partial charge is 0.462 e. The Kier molecular flexibility index (Phi) is 6.93. The molecule has 0 unspecified atom stereocenters.